The molecule has 0 bridgehead atoms. The van der Waals surface area contributed by atoms with Crippen LogP contribution in [0.15, 0.2) is 12.1 Å². The molecule has 0 saturated carbocycles. The Balaban J connectivity index is 2.86. The van der Waals surface area contributed by atoms with Crippen LogP contribution in [0.5, 0.6) is 11.8 Å². The highest BCUT2D eigenvalue weighted by Gasteiger charge is 2.06. The SMILES string of the molecule is CCC(C)Cc1cc(OC)nc(OC)c1. The van der Waals surface area contributed by atoms with Gasteiger partial charge in [-0.1, -0.05) is 20.3 Å². The second-order valence-electron chi connectivity index (χ2n) is 3.78. The van der Waals surface area contributed by atoms with Crippen molar-refractivity contribution >= 4 is 0 Å². The average Bonchev–Trinajstić information content (AvgIpc) is 2.28. The fourth-order valence-corrected chi connectivity index (χ4v) is 1.41. The van der Waals surface area contributed by atoms with Gasteiger partial charge in [0.15, 0.2) is 0 Å². The summed E-state index contributed by atoms with van der Waals surface area (Å²) < 4.78 is 10.2. The minimum Gasteiger partial charge on any atom is -0.481 e. The van der Waals surface area contributed by atoms with Gasteiger partial charge >= 0.3 is 0 Å². The Morgan fingerprint density at radius 1 is 1.20 bits per heavy atom. The van der Waals surface area contributed by atoms with Crippen LogP contribution in [0.2, 0.25) is 0 Å². The Bertz CT molecular complexity index is 290. The molecular formula is C12H19NO2. The van der Waals surface area contributed by atoms with Crippen molar-refractivity contribution in [2.24, 2.45) is 5.92 Å². The first-order chi connectivity index (χ1) is 7.19. The minimum atomic E-state index is 0.618. The molecular weight excluding hydrogens is 190 g/mol. The highest BCUT2D eigenvalue weighted by molar-refractivity contribution is 5.28. The molecule has 0 aliphatic carbocycles. The van der Waals surface area contributed by atoms with E-state index in [1.165, 1.54) is 12.0 Å². The van der Waals surface area contributed by atoms with E-state index in [-0.39, 0.29) is 0 Å². The fourth-order valence-electron chi connectivity index (χ4n) is 1.41. The summed E-state index contributed by atoms with van der Waals surface area (Å²) in [6.45, 7) is 4.43. The third-order valence-electron chi connectivity index (χ3n) is 2.54. The molecule has 0 amide bonds. The van der Waals surface area contributed by atoms with E-state index in [9.17, 15) is 0 Å². The number of rotatable bonds is 5. The van der Waals surface area contributed by atoms with Gasteiger partial charge in [0.2, 0.25) is 11.8 Å². The van der Waals surface area contributed by atoms with Crippen molar-refractivity contribution in [3.8, 4) is 11.8 Å². The van der Waals surface area contributed by atoms with Gasteiger partial charge in [0.05, 0.1) is 14.2 Å². The molecule has 0 saturated heterocycles. The molecule has 1 unspecified atom stereocenters. The Hall–Kier alpha value is -1.25. The van der Waals surface area contributed by atoms with E-state index < -0.39 is 0 Å². The van der Waals surface area contributed by atoms with Crippen molar-refractivity contribution in [3.63, 3.8) is 0 Å². The van der Waals surface area contributed by atoms with Gasteiger partial charge in [-0.15, -0.1) is 0 Å². The Labute approximate surface area is 91.4 Å². The summed E-state index contributed by atoms with van der Waals surface area (Å²) in [7, 11) is 3.24. The molecule has 1 aromatic rings. The number of methoxy groups -OCH3 is 2. The molecule has 15 heavy (non-hydrogen) atoms. The van der Waals surface area contributed by atoms with Crippen LogP contribution in [0, 0.1) is 5.92 Å². The van der Waals surface area contributed by atoms with Crippen molar-refractivity contribution < 1.29 is 9.47 Å². The summed E-state index contributed by atoms with van der Waals surface area (Å²) >= 11 is 0. The summed E-state index contributed by atoms with van der Waals surface area (Å²) in [4.78, 5) is 4.16. The van der Waals surface area contributed by atoms with Crippen molar-refractivity contribution in [2.75, 3.05) is 14.2 Å². The Morgan fingerprint density at radius 2 is 1.73 bits per heavy atom. The van der Waals surface area contributed by atoms with Crippen molar-refractivity contribution in [1.82, 2.24) is 4.98 Å². The monoisotopic (exact) mass is 209 g/mol. The lowest BCUT2D eigenvalue weighted by Crippen LogP contribution is -2.00. The number of pyridine rings is 1. The lowest BCUT2D eigenvalue weighted by Gasteiger charge is -2.10. The van der Waals surface area contributed by atoms with E-state index in [4.69, 9.17) is 9.47 Å². The predicted molar refractivity (Wildman–Crippen MR) is 60.5 cm³/mol. The summed E-state index contributed by atoms with van der Waals surface area (Å²) in [5.74, 6) is 1.90. The molecule has 1 aromatic heterocycles. The lowest BCUT2D eigenvalue weighted by atomic mass is 10.00. The zero-order chi connectivity index (χ0) is 11.3. The number of nitrogens with zero attached hydrogens (tertiary/aromatic N) is 1. The smallest absolute Gasteiger partial charge is 0.216 e. The van der Waals surface area contributed by atoms with Crippen LogP contribution in [0.3, 0.4) is 0 Å². The number of aromatic nitrogens is 1. The first kappa shape index (κ1) is 11.8. The molecule has 0 fully saturated rings. The summed E-state index contributed by atoms with van der Waals surface area (Å²) in [6.07, 6.45) is 2.21. The largest absolute Gasteiger partial charge is 0.481 e. The zero-order valence-corrected chi connectivity index (χ0v) is 9.91. The molecule has 84 valence electrons. The molecule has 0 spiro atoms. The molecule has 3 nitrogen and oxygen atoms in total. The fraction of sp³-hybridized carbons (Fsp3) is 0.583. The molecule has 0 aromatic carbocycles. The first-order valence-corrected chi connectivity index (χ1v) is 5.28. The molecule has 1 atom stereocenters. The topological polar surface area (TPSA) is 31.4 Å². The van der Waals surface area contributed by atoms with Crippen LogP contribution in [-0.2, 0) is 6.42 Å². The maximum absolute atomic E-state index is 5.12. The maximum Gasteiger partial charge on any atom is 0.216 e. The van der Waals surface area contributed by atoms with Crippen LogP contribution < -0.4 is 9.47 Å². The molecule has 1 heterocycles. The zero-order valence-electron chi connectivity index (χ0n) is 9.91. The second kappa shape index (κ2) is 5.59. The minimum absolute atomic E-state index is 0.618. The standard InChI is InChI=1S/C12H19NO2/c1-5-9(2)6-10-7-11(14-3)13-12(8-10)15-4/h7-9H,5-6H2,1-4H3. The summed E-state index contributed by atoms with van der Waals surface area (Å²) in [5.41, 5.74) is 1.22. The van der Waals surface area contributed by atoms with E-state index >= 15 is 0 Å². The van der Waals surface area contributed by atoms with Gasteiger partial charge in [-0.3, -0.25) is 0 Å². The van der Waals surface area contributed by atoms with Crippen molar-refractivity contribution in [3.05, 3.63) is 17.7 Å². The van der Waals surface area contributed by atoms with Crippen molar-refractivity contribution in [1.29, 1.82) is 0 Å². The normalized spacial score (nSPS) is 12.3. The van der Waals surface area contributed by atoms with E-state index in [0.717, 1.165) is 6.42 Å². The van der Waals surface area contributed by atoms with E-state index in [1.807, 2.05) is 12.1 Å². The van der Waals surface area contributed by atoms with E-state index in [2.05, 4.69) is 18.8 Å². The van der Waals surface area contributed by atoms with Gasteiger partial charge in [0.1, 0.15) is 0 Å². The molecule has 0 N–H and O–H groups in total. The van der Waals surface area contributed by atoms with Gasteiger partial charge in [-0.2, -0.15) is 4.98 Å². The average molecular weight is 209 g/mol. The quantitative estimate of drug-likeness (QED) is 0.747. The lowest BCUT2D eigenvalue weighted by molar-refractivity contribution is 0.363. The highest BCUT2D eigenvalue weighted by Crippen LogP contribution is 2.20. The highest BCUT2D eigenvalue weighted by atomic mass is 16.5. The van der Waals surface area contributed by atoms with Gasteiger partial charge in [-0.25, -0.2) is 0 Å². The molecule has 0 aliphatic heterocycles. The first-order valence-electron chi connectivity index (χ1n) is 5.28. The molecule has 0 radical (unpaired) electrons. The number of hydrogen-bond donors (Lipinski definition) is 0. The van der Waals surface area contributed by atoms with Gasteiger partial charge < -0.3 is 9.47 Å². The van der Waals surface area contributed by atoms with Gasteiger partial charge in [0.25, 0.3) is 0 Å². The predicted octanol–water partition coefficient (Wildman–Crippen LogP) is 2.69. The summed E-state index contributed by atoms with van der Waals surface area (Å²) in [6, 6.07) is 3.93. The third-order valence-corrected chi connectivity index (χ3v) is 2.54. The van der Waals surface area contributed by atoms with Crippen LogP contribution in [0.1, 0.15) is 25.8 Å². The number of hydrogen-bond acceptors (Lipinski definition) is 3. The van der Waals surface area contributed by atoms with Crippen LogP contribution in [-0.4, -0.2) is 19.2 Å². The van der Waals surface area contributed by atoms with E-state index in [0.29, 0.717) is 17.7 Å². The second-order valence-corrected chi connectivity index (χ2v) is 3.78. The van der Waals surface area contributed by atoms with Crippen molar-refractivity contribution in [2.45, 2.75) is 26.7 Å². The maximum atomic E-state index is 5.12. The Kier molecular flexibility index (Phi) is 4.40. The van der Waals surface area contributed by atoms with E-state index in [1.54, 1.807) is 14.2 Å². The Morgan fingerprint density at radius 3 is 2.13 bits per heavy atom. The summed E-state index contributed by atoms with van der Waals surface area (Å²) in [5, 5.41) is 0. The molecule has 0 aliphatic rings. The molecule has 3 heteroatoms. The van der Waals surface area contributed by atoms with Gasteiger partial charge in [0, 0.05) is 12.1 Å². The van der Waals surface area contributed by atoms with Crippen LogP contribution in [0.25, 0.3) is 0 Å². The third kappa shape index (κ3) is 3.42. The number of ether oxygens (including phenoxy) is 2. The van der Waals surface area contributed by atoms with Gasteiger partial charge in [-0.05, 0) is 17.9 Å². The van der Waals surface area contributed by atoms with Crippen LogP contribution in [0.4, 0.5) is 0 Å². The molecule has 1 rings (SSSR count). The van der Waals surface area contributed by atoms with Crippen LogP contribution >= 0.6 is 0 Å².